The Kier molecular flexibility index (Phi) is 0.865. The maximum atomic E-state index is 6.48. The van der Waals surface area contributed by atoms with Crippen LogP contribution in [0.1, 0.15) is 32.1 Å². The van der Waals surface area contributed by atoms with Gasteiger partial charge in [0, 0.05) is 18.8 Å². The van der Waals surface area contributed by atoms with Gasteiger partial charge in [-0.05, 0) is 6.42 Å². The molecular formula is C9H12Cl+. The summed E-state index contributed by atoms with van der Waals surface area (Å²) in [4.78, 5) is 0.270. The minimum Gasteiger partial charge on any atom is -0.118 e. The largest absolute Gasteiger partial charge is 0.118 e. The first-order chi connectivity index (χ1) is 4.80. The molecule has 54 valence electrons. The van der Waals surface area contributed by atoms with E-state index in [2.05, 4.69) is 0 Å². The molecule has 4 saturated carbocycles. The molecule has 0 spiro atoms. The number of hydrogen-bond donors (Lipinski definition) is 0. The smallest absolute Gasteiger partial charge is 0.105 e. The van der Waals surface area contributed by atoms with Gasteiger partial charge in [-0.3, -0.25) is 0 Å². The van der Waals surface area contributed by atoms with Crippen LogP contribution in [-0.4, -0.2) is 4.87 Å². The van der Waals surface area contributed by atoms with Crippen LogP contribution in [0.2, 0.25) is 0 Å². The lowest BCUT2D eigenvalue weighted by Crippen LogP contribution is -2.36. The summed E-state index contributed by atoms with van der Waals surface area (Å²) in [6.45, 7) is 0. The van der Waals surface area contributed by atoms with E-state index in [0.717, 1.165) is 11.8 Å². The van der Waals surface area contributed by atoms with Crippen molar-refractivity contribution < 1.29 is 0 Å². The summed E-state index contributed by atoms with van der Waals surface area (Å²) in [7, 11) is 0. The van der Waals surface area contributed by atoms with E-state index < -0.39 is 0 Å². The van der Waals surface area contributed by atoms with Crippen LogP contribution >= 0.6 is 11.6 Å². The maximum Gasteiger partial charge on any atom is 0.105 e. The average Bonchev–Trinajstić information content (AvgIpc) is 2.68. The van der Waals surface area contributed by atoms with Gasteiger partial charge in [-0.2, -0.15) is 0 Å². The molecule has 0 N–H and O–H groups in total. The van der Waals surface area contributed by atoms with Crippen molar-refractivity contribution in [1.82, 2.24) is 0 Å². The molecule has 0 heterocycles. The van der Waals surface area contributed by atoms with E-state index in [-0.39, 0.29) is 4.87 Å². The Balaban J connectivity index is 1.98. The van der Waals surface area contributed by atoms with Crippen LogP contribution in [0.5, 0.6) is 0 Å². The topological polar surface area (TPSA) is 0 Å². The normalized spacial score (nSPS) is 56.7. The first kappa shape index (κ1) is 5.77. The lowest BCUT2D eigenvalue weighted by molar-refractivity contribution is 0.293. The van der Waals surface area contributed by atoms with Gasteiger partial charge in [0.05, 0.1) is 23.6 Å². The molecule has 2 bridgehead atoms. The highest BCUT2D eigenvalue weighted by Crippen LogP contribution is 2.67. The molecule has 4 fully saturated rings. The Hall–Kier alpha value is 0.160. The second-order valence-corrected chi connectivity index (χ2v) is 4.89. The fourth-order valence-electron chi connectivity index (χ4n) is 2.95. The lowest BCUT2D eigenvalue weighted by Gasteiger charge is -2.35. The zero-order chi connectivity index (χ0) is 6.77. The van der Waals surface area contributed by atoms with Crippen LogP contribution in [0.25, 0.3) is 0 Å². The molecule has 4 rings (SSSR count). The molecule has 1 heteroatoms. The summed E-state index contributed by atoms with van der Waals surface area (Å²) >= 11 is 6.48. The molecule has 0 aromatic carbocycles. The van der Waals surface area contributed by atoms with Crippen molar-refractivity contribution in [3.05, 3.63) is 5.92 Å². The predicted molar refractivity (Wildman–Crippen MR) is 41.9 cm³/mol. The van der Waals surface area contributed by atoms with Crippen LogP contribution in [0.3, 0.4) is 0 Å². The highest BCUT2D eigenvalue weighted by atomic mass is 35.5. The predicted octanol–water partition coefficient (Wildman–Crippen LogP) is 2.76. The summed E-state index contributed by atoms with van der Waals surface area (Å²) in [5.74, 6) is 3.75. The summed E-state index contributed by atoms with van der Waals surface area (Å²) in [6, 6.07) is 0. The third kappa shape index (κ3) is 0.528. The monoisotopic (exact) mass is 155 g/mol. The minimum atomic E-state index is 0.270. The van der Waals surface area contributed by atoms with Gasteiger partial charge in [-0.25, -0.2) is 0 Å². The van der Waals surface area contributed by atoms with Gasteiger partial charge < -0.3 is 0 Å². The van der Waals surface area contributed by atoms with E-state index in [1.807, 2.05) is 5.92 Å². The molecule has 0 aromatic rings. The zero-order valence-electron chi connectivity index (χ0n) is 6.07. The van der Waals surface area contributed by atoms with Crippen molar-refractivity contribution in [2.75, 3.05) is 0 Å². The van der Waals surface area contributed by atoms with E-state index in [4.69, 9.17) is 11.6 Å². The molecule has 0 radical (unpaired) electrons. The molecule has 0 saturated heterocycles. The third-order valence-electron chi connectivity index (χ3n) is 3.70. The van der Waals surface area contributed by atoms with Crippen molar-refractivity contribution >= 4 is 11.6 Å². The van der Waals surface area contributed by atoms with E-state index in [1.54, 1.807) is 0 Å². The van der Waals surface area contributed by atoms with Crippen molar-refractivity contribution in [1.29, 1.82) is 0 Å². The average molecular weight is 156 g/mol. The molecule has 10 heavy (non-hydrogen) atoms. The van der Waals surface area contributed by atoms with E-state index >= 15 is 0 Å². The molecule has 0 aromatic heterocycles. The van der Waals surface area contributed by atoms with Crippen molar-refractivity contribution in [3.63, 3.8) is 0 Å². The molecule has 0 amide bonds. The Morgan fingerprint density at radius 2 is 2.00 bits per heavy atom. The number of alkyl halides is 1. The highest BCUT2D eigenvalue weighted by Gasteiger charge is 2.68. The molecule has 0 aliphatic heterocycles. The van der Waals surface area contributed by atoms with Crippen LogP contribution in [0.4, 0.5) is 0 Å². The van der Waals surface area contributed by atoms with Crippen LogP contribution in [0.15, 0.2) is 0 Å². The van der Waals surface area contributed by atoms with Gasteiger partial charge in [0.2, 0.25) is 0 Å². The van der Waals surface area contributed by atoms with Gasteiger partial charge in [0.25, 0.3) is 0 Å². The van der Waals surface area contributed by atoms with Gasteiger partial charge >= 0.3 is 0 Å². The molecule has 0 unspecified atom stereocenters. The van der Waals surface area contributed by atoms with Gasteiger partial charge in [-0.1, -0.05) is 0 Å². The van der Waals surface area contributed by atoms with Gasteiger partial charge in [0.15, 0.2) is 0 Å². The Morgan fingerprint density at radius 3 is 2.50 bits per heavy atom. The molecule has 4 aliphatic carbocycles. The fraction of sp³-hybridized carbons (Fsp3) is 0.889. The molecule has 2 atom stereocenters. The molecule has 0 nitrogen and oxygen atoms in total. The number of rotatable bonds is 0. The molecule has 4 aliphatic rings. The Morgan fingerprint density at radius 1 is 1.30 bits per heavy atom. The second kappa shape index (κ2) is 1.50. The SMILES string of the molecule is ClC12CC[C+](CC1)[C@@H]1C[C@@H]12. The Labute approximate surface area is 66.9 Å². The highest BCUT2D eigenvalue weighted by molar-refractivity contribution is 6.24. The lowest BCUT2D eigenvalue weighted by atomic mass is 9.70. The van der Waals surface area contributed by atoms with Crippen LogP contribution in [0, 0.1) is 17.8 Å². The van der Waals surface area contributed by atoms with E-state index in [9.17, 15) is 0 Å². The zero-order valence-corrected chi connectivity index (χ0v) is 6.82. The van der Waals surface area contributed by atoms with Gasteiger partial charge in [0.1, 0.15) is 5.92 Å². The summed E-state index contributed by atoms with van der Waals surface area (Å²) in [6.07, 6.45) is 6.70. The summed E-state index contributed by atoms with van der Waals surface area (Å²) in [5.41, 5.74) is 0. The first-order valence-electron chi connectivity index (χ1n) is 4.33. The van der Waals surface area contributed by atoms with Crippen LogP contribution in [-0.2, 0) is 0 Å². The maximum absolute atomic E-state index is 6.48. The van der Waals surface area contributed by atoms with Crippen LogP contribution < -0.4 is 0 Å². The van der Waals surface area contributed by atoms with Crippen molar-refractivity contribution in [3.8, 4) is 0 Å². The van der Waals surface area contributed by atoms with E-state index in [0.29, 0.717) is 0 Å². The number of fused-ring (bicyclic) bond motifs is 2. The second-order valence-electron chi connectivity index (χ2n) is 4.14. The summed E-state index contributed by atoms with van der Waals surface area (Å²) < 4.78 is 0. The van der Waals surface area contributed by atoms with E-state index in [1.165, 1.54) is 32.1 Å². The Bertz CT molecular complexity index is 168. The quantitative estimate of drug-likeness (QED) is 0.373. The first-order valence-corrected chi connectivity index (χ1v) is 4.71. The molecular weight excluding hydrogens is 144 g/mol. The number of halogens is 1. The van der Waals surface area contributed by atoms with Crippen molar-refractivity contribution in [2.24, 2.45) is 11.8 Å². The third-order valence-corrected chi connectivity index (χ3v) is 4.36. The fourth-order valence-corrected chi connectivity index (χ4v) is 3.38. The minimum absolute atomic E-state index is 0.270. The van der Waals surface area contributed by atoms with Gasteiger partial charge in [-0.15, -0.1) is 11.6 Å². The number of hydrogen-bond acceptors (Lipinski definition) is 0. The standard InChI is InChI=1S/C9H12Cl/c10-9-3-1-6(2-4-9)7-5-8(7)9/h7-8H,1-5H2/q+1/t7-,8-/m0/s1. The van der Waals surface area contributed by atoms with Crippen molar-refractivity contribution in [2.45, 2.75) is 37.0 Å². The summed E-state index contributed by atoms with van der Waals surface area (Å²) in [5, 5.41) is 0.